The summed E-state index contributed by atoms with van der Waals surface area (Å²) in [5.74, 6) is 0.889. The minimum absolute atomic E-state index is 0.712. The summed E-state index contributed by atoms with van der Waals surface area (Å²) in [7, 11) is 0. The second kappa shape index (κ2) is 4.61. The van der Waals surface area contributed by atoms with Crippen molar-refractivity contribution in [3.8, 4) is 0 Å². The van der Waals surface area contributed by atoms with Gasteiger partial charge in [0.1, 0.15) is 0 Å². The average Bonchev–Trinajstić information content (AvgIpc) is 3.15. The van der Waals surface area contributed by atoms with E-state index in [1.54, 1.807) is 0 Å². The quantitative estimate of drug-likeness (QED) is 0.857. The lowest BCUT2D eigenvalue weighted by Gasteiger charge is -2.32. The molecule has 1 aromatic rings. The summed E-state index contributed by atoms with van der Waals surface area (Å²) in [6.07, 6.45) is 8.98. The van der Waals surface area contributed by atoms with Crippen molar-refractivity contribution in [2.75, 3.05) is 18.0 Å². The van der Waals surface area contributed by atoms with Crippen LogP contribution in [0.25, 0.3) is 0 Å². The van der Waals surface area contributed by atoms with Gasteiger partial charge in [0.25, 0.3) is 0 Å². The molecule has 0 atom stereocenters. The molecule has 92 valence electrons. The molecule has 0 amide bonds. The van der Waals surface area contributed by atoms with Crippen LogP contribution in [-0.4, -0.2) is 35.1 Å². The molecule has 0 unspecified atom stereocenters. The van der Waals surface area contributed by atoms with Crippen LogP contribution in [0.3, 0.4) is 0 Å². The molecule has 2 heterocycles. The zero-order valence-corrected chi connectivity index (χ0v) is 10.4. The number of hydrogen-bond donors (Lipinski definition) is 1. The first-order valence-electron chi connectivity index (χ1n) is 6.61. The van der Waals surface area contributed by atoms with Gasteiger partial charge in [0.2, 0.25) is 5.95 Å². The molecule has 17 heavy (non-hydrogen) atoms. The number of piperidine rings is 1. The van der Waals surface area contributed by atoms with E-state index in [0.717, 1.165) is 30.6 Å². The van der Waals surface area contributed by atoms with Gasteiger partial charge in [-0.2, -0.15) is 0 Å². The maximum absolute atomic E-state index is 4.39. The molecule has 2 fully saturated rings. The first-order chi connectivity index (χ1) is 8.31. The molecular formula is C13H20N4. The largest absolute Gasteiger partial charge is 0.341 e. The van der Waals surface area contributed by atoms with Crippen molar-refractivity contribution in [1.82, 2.24) is 15.3 Å². The van der Waals surface area contributed by atoms with Gasteiger partial charge >= 0.3 is 0 Å². The van der Waals surface area contributed by atoms with Crippen LogP contribution in [0.15, 0.2) is 12.4 Å². The molecule has 4 heteroatoms. The highest BCUT2D eigenvalue weighted by molar-refractivity contribution is 5.30. The Bertz CT molecular complexity index is 364. The molecular weight excluding hydrogens is 212 g/mol. The van der Waals surface area contributed by atoms with Crippen molar-refractivity contribution in [3.63, 3.8) is 0 Å². The summed E-state index contributed by atoms with van der Waals surface area (Å²) in [5.41, 5.74) is 1.12. The minimum Gasteiger partial charge on any atom is -0.341 e. The molecule has 2 aliphatic rings. The second-order valence-electron chi connectivity index (χ2n) is 5.26. The molecule has 1 saturated heterocycles. The number of aryl methyl sites for hydroxylation is 1. The predicted molar refractivity (Wildman–Crippen MR) is 68.2 cm³/mol. The second-order valence-corrected chi connectivity index (χ2v) is 5.26. The number of anilines is 1. The summed E-state index contributed by atoms with van der Waals surface area (Å²) in [4.78, 5) is 11.1. The van der Waals surface area contributed by atoms with Crippen molar-refractivity contribution in [2.24, 2.45) is 0 Å². The van der Waals surface area contributed by atoms with Crippen LogP contribution in [0, 0.1) is 6.92 Å². The van der Waals surface area contributed by atoms with Gasteiger partial charge < -0.3 is 10.2 Å². The molecule has 0 aromatic carbocycles. The topological polar surface area (TPSA) is 41.1 Å². The number of aromatic nitrogens is 2. The van der Waals surface area contributed by atoms with E-state index in [9.17, 15) is 0 Å². The fraction of sp³-hybridized carbons (Fsp3) is 0.692. The Hall–Kier alpha value is -1.16. The summed E-state index contributed by atoms with van der Waals surface area (Å²) in [6.45, 7) is 4.18. The highest BCUT2D eigenvalue weighted by Crippen LogP contribution is 2.23. The fourth-order valence-electron chi connectivity index (χ4n) is 2.38. The normalized spacial score (nSPS) is 21.8. The Labute approximate surface area is 102 Å². The van der Waals surface area contributed by atoms with Gasteiger partial charge in [0.15, 0.2) is 0 Å². The summed E-state index contributed by atoms with van der Waals surface area (Å²) in [5, 5.41) is 3.71. The van der Waals surface area contributed by atoms with E-state index in [2.05, 4.69) is 20.2 Å². The van der Waals surface area contributed by atoms with E-state index in [1.165, 1.54) is 25.7 Å². The van der Waals surface area contributed by atoms with Gasteiger partial charge in [0, 0.05) is 37.6 Å². The molecule has 0 spiro atoms. The number of rotatable bonds is 3. The van der Waals surface area contributed by atoms with Crippen molar-refractivity contribution >= 4 is 5.95 Å². The average molecular weight is 232 g/mol. The zero-order chi connectivity index (χ0) is 11.7. The first kappa shape index (κ1) is 11.0. The fourth-order valence-corrected chi connectivity index (χ4v) is 2.38. The molecule has 1 N–H and O–H groups in total. The molecule has 1 saturated carbocycles. The van der Waals surface area contributed by atoms with E-state index in [4.69, 9.17) is 0 Å². The van der Waals surface area contributed by atoms with Crippen molar-refractivity contribution in [1.29, 1.82) is 0 Å². The Morgan fingerprint density at radius 1 is 1.06 bits per heavy atom. The van der Waals surface area contributed by atoms with Crippen LogP contribution in [0.4, 0.5) is 5.95 Å². The lowest BCUT2D eigenvalue weighted by molar-refractivity contribution is 0.410. The third-order valence-electron chi connectivity index (χ3n) is 3.59. The number of nitrogens with one attached hydrogen (secondary N) is 1. The SMILES string of the molecule is Cc1cnc(N2CCC(NC3CC3)CC2)nc1. The van der Waals surface area contributed by atoms with Crippen LogP contribution < -0.4 is 10.2 Å². The van der Waals surface area contributed by atoms with Crippen LogP contribution in [0.5, 0.6) is 0 Å². The molecule has 1 aliphatic heterocycles. The molecule has 1 aliphatic carbocycles. The lowest BCUT2D eigenvalue weighted by atomic mass is 10.1. The number of nitrogens with zero attached hydrogens (tertiary/aromatic N) is 3. The summed E-state index contributed by atoms with van der Waals surface area (Å²) >= 11 is 0. The first-order valence-corrected chi connectivity index (χ1v) is 6.61. The van der Waals surface area contributed by atoms with Crippen LogP contribution in [-0.2, 0) is 0 Å². The maximum atomic E-state index is 4.39. The molecule has 0 bridgehead atoms. The summed E-state index contributed by atoms with van der Waals surface area (Å²) in [6, 6.07) is 1.53. The molecule has 0 radical (unpaired) electrons. The van der Waals surface area contributed by atoms with Crippen molar-refractivity contribution in [3.05, 3.63) is 18.0 Å². The third kappa shape index (κ3) is 2.75. The highest BCUT2D eigenvalue weighted by Gasteiger charge is 2.27. The van der Waals surface area contributed by atoms with Crippen LogP contribution in [0.1, 0.15) is 31.2 Å². The van der Waals surface area contributed by atoms with Gasteiger partial charge in [-0.15, -0.1) is 0 Å². The van der Waals surface area contributed by atoms with Gasteiger partial charge in [-0.25, -0.2) is 9.97 Å². The lowest BCUT2D eigenvalue weighted by Crippen LogP contribution is -2.43. The molecule has 4 nitrogen and oxygen atoms in total. The predicted octanol–water partition coefficient (Wildman–Crippen LogP) is 1.51. The summed E-state index contributed by atoms with van der Waals surface area (Å²) < 4.78 is 0. The standard InChI is InChI=1S/C13H20N4/c1-10-8-14-13(15-9-10)17-6-4-12(5-7-17)16-11-2-3-11/h8-9,11-12,16H,2-7H2,1H3. The van der Waals surface area contributed by atoms with E-state index < -0.39 is 0 Å². The van der Waals surface area contributed by atoms with E-state index >= 15 is 0 Å². The van der Waals surface area contributed by atoms with Gasteiger partial charge in [0.05, 0.1) is 0 Å². The van der Waals surface area contributed by atoms with Crippen LogP contribution in [0.2, 0.25) is 0 Å². The third-order valence-corrected chi connectivity index (χ3v) is 3.59. The molecule has 1 aromatic heterocycles. The Balaban J connectivity index is 1.54. The van der Waals surface area contributed by atoms with E-state index in [-0.39, 0.29) is 0 Å². The Kier molecular flexibility index (Phi) is 2.97. The smallest absolute Gasteiger partial charge is 0.225 e. The van der Waals surface area contributed by atoms with Gasteiger partial charge in [-0.1, -0.05) is 0 Å². The van der Waals surface area contributed by atoms with Crippen molar-refractivity contribution < 1.29 is 0 Å². The van der Waals surface area contributed by atoms with Gasteiger partial charge in [-0.05, 0) is 38.2 Å². The van der Waals surface area contributed by atoms with E-state index in [0.29, 0.717) is 6.04 Å². The zero-order valence-electron chi connectivity index (χ0n) is 10.4. The maximum Gasteiger partial charge on any atom is 0.225 e. The van der Waals surface area contributed by atoms with E-state index in [1.807, 2.05) is 19.3 Å². The van der Waals surface area contributed by atoms with Gasteiger partial charge in [-0.3, -0.25) is 0 Å². The monoisotopic (exact) mass is 232 g/mol. The Morgan fingerprint density at radius 2 is 1.65 bits per heavy atom. The Morgan fingerprint density at radius 3 is 2.24 bits per heavy atom. The van der Waals surface area contributed by atoms with Crippen LogP contribution >= 0.6 is 0 Å². The highest BCUT2D eigenvalue weighted by atomic mass is 15.3. The minimum atomic E-state index is 0.712. The molecule has 3 rings (SSSR count). The van der Waals surface area contributed by atoms with Crippen molar-refractivity contribution in [2.45, 2.75) is 44.7 Å². The number of hydrogen-bond acceptors (Lipinski definition) is 4.